The molecule has 0 bridgehead atoms. The predicted octanol–water partition coefficient (Wildman–Crippen LogP) is 10.9. The molecule has 2 aliphatic rings. The first kappa shape index (κ1) is 47.1. The van der Waals surface area contributed by atoms with E-state index in [-0.39, 0.29) is 37.0 Å². The van der Waals surface area contributed by atoms with Gasteiger partial charge in [0.2, 0.25) is 5.24 Å². The van der Waals surface area contributed by atoms with Gasteiger partial charge in [-0.25, -0.2) is 9.59 Å². The highest BCUT2D eigenvalue weighted by Crippen LogP contribution is 2.38. The fraction of sp³-hybridized carbons (Fsp3) is 0.529. The number of nitrogens with zero attached hydrogens (tertiary/aromatic N) is 2. The highest BCUT2D eigenvalue weighted by Gasteiger charge is 2.29. The van der Waals surface area contributed by atoms with Crippen molar-refractivity contribution in [2.75, 3.05) is 26.2 Å². The molecule has 2 atom stereocenters. The second-order valence-corrected chi connectivity index (χ2v) is 28.5. The van der Waals surface area contributed by atoms with Gasteiger partial charge in [-0.2, -0.15) is 0 Å². The van der Waals surface area contributed by atoms with Crippen LogP contribution in [0.2, 0.25) is 0 Å². The number of piperidine rings is 2. The lowest BCUT2D eigenvalue weighted by atomic mass is 9.99. The molecule has 2 fully saturated rings. The first-order chi connectivity index (χ1) is 23.2. The van der Waals surface area contributed by atoms with Crippen LogP contribution in [0.5, 0.6) is 0 Å². The van der Waals surface area contributed by atoms with Crippen LogP contribution in [0.15, 0.2) is 60.7 Å². The number of hydrogen-bond donors (Lipinski definition) is 1. The number of carboxylic acids is 1. The maximum absolute atomic E-state index is 11.9. The molecule has 2 aliphatic heterocycles. The van der Waals surface area contributed by atoms with E-state index in [9.17, 15) is 19.2 Å². The number of amides is 2. The van der Waals surface area contributed by atoms with E-state index in [2.05, 4.69) is 127 Å². The first-order valence-electron chi connectivity index (χ1n) is 15.8. The van der Waals surface area contributed by atoms with Gasteiger partial charge in [0.25, 0.3) is 0 Å². The summed E-state index contributed by atoms with van der Waals surface area (Å²) >= 11 is 17.5. The lowest BCUT2D eigenvalue weighted by Crippen LogP contribution is -2.42. The number of alkyl halides is 5. The number of halogens is 6. The van der Waals surface area contributed by atoms with Gasteiger partial charge in [-0.05, 0) is 61.3 Å². The molecule has 49 heavy (non-hydrogen) atoms. The maximum Gasteiger partial charge on any atom is 0.410 e. The van der Waals surface area contributed by atoms with Crippen LogP contribution in [-0.2, 0) is 32.3 Å². The molecule has 0 aliphatic carbocycles. The number of carbonyl (C=O) groups is 4. The molecule has 2 aromatic rings. The average Bonchev–Trinajstić information content (AvgIpc) is 3.11. The molecule has 2 amide bonds. The van der Waals surface area contributed by atoms with Crippen molar-refractivity contribution in [3.05, 3.63) is 71.8 Å². The molecule has 2 heterocycles. The molecule has 2 aromatic carbocycles. The highest BCUT2D eigenvalue weighted by atomic mass is 127. The van der Waals surface area contributed by atoms with Crippen molar-refractivity contribution >= 4 is 148 Å². The normalized spacial score (nSPS) is 17.2. The fourth-order valence-electron chi connectivity index (χ4n) is 4.29. The van der Waals surface area contributed by atoms with E-state index in [0.29, 0.717) is 31.9 Å². The van der Waals surface area contributed by atoms with Gasteiger partial charge in [0, 0.05) is 26.2 Å². The van der Waals surface area contributed by atoms with Crippen LogP contribution in [0.4, 0.5) is 9.59 Å². The zero-order valence-corrected chi connectivity index (χ0v) is 39.1. The summed E-state index contributed by atoms with van der Waals surface area (Å²) in [4.78, 5) is 48.8. The number of likely N-dealkylation sites (tertiary alicyclic amines) is 2. The Balaban J connectivity index is 0.000000377. The predicted molar refractivity (Wildman–Crippen MR) is 238 cm³/mol. The van der Waals surface area contributed by atoms with E-state index in [1.165, 1.54) is 17.7 Å². The number of aliphatic carboxylic acids is 1. The third-order valence-corrected chi connectivity index (χ3v) is 11.5. The molecule has 0 aromatic heterocycles. The monoisotopic (exact) mass is 1260 g/mol. The highest BCUT2D eigenvalue weighted by molar-refractivity contribution is 14.3. The van der Waals surface area contributed by atoms with Crippen LogP contribution in [-0.4, -0.2) is 65.9 Å². The second-order valence-electron chi connectivity index (χ2n) is 11.1. The average molecular weight is 1260 g/mol. The molecule has 2 saturated heterocycles. The molecular formula is C34H44ClI5N2O7. The van der Waals surface area contributed by atoms with Crippen molar-refractivity contribution < 1.29 is 33.8 Å². The molecule has 9 nitrogen and oxygen atoms in total. The Hall–Kier alpha value is 0.0600. The standard InChI is InChI=1S/C14H16ClNO3.C14H17NO4.C3H5I3.C3H6I2/c15-13(17)12-7-4-8-16(9-12)14(18)19-10-11-5-2-1-3-6-11;16-13(17)12-7-4-8-15(9-12)14(18)19-10-11-5-2-1-3-6-11;1-2-3(4,5)6;1-2-3(4)5/h1-3,5-6,12H,4,7-10H2;1-3,5-6,12H,4,7-10H2,(H,16,17);2H2,1H3;3H,2H2,1H3/t2*12-;;/m00../s1. The Morgan fingerprint density at radius 3 is 1.49 bits per heavy atom. The molecular weight excluding hydrogens is 1220 g/mol. The Bertz CT molecular complexity index is 1170. The number of ether oxygens (including phenoxy) is 2. The summed E-state index contributed by atoms with van der Waals surface area (Å²) in [6, 6.07) is 18.9. The van der Waals surface area contributed by atoms with Gasteiger partial charge < -0.3 is 24.4 Å². The molecule has 0 spiro atoms. The smallest absolute Gasteiger partial charge is 0.410 e. The van der Waals surface area contributed by atoms with Crippen molar-refractivity contribution in [2.45, 2.75) is 67.0 Å². The Kier molecular flexibility index (Phi) is 25.7. The molecule has 274 valence electrons. The zero-order valence-electron chi connectivity index (χ0n) is 27.5. The van der Waals surface area contributed by atoms with Gasteiger partial charge in [0.05, 0.1) is 13.8 Å². The van der Waals surface area contributed by atoms with E-state index in [1.54, 1.807) is 4.90 Å². The number of benzene rings is 2. The molecule has 4 rings (SSSR count). The van der Waals surface area contributed by atoms with E-state index >= 15 is 0 Å². The fourth-order valence-corrected chi connectivity index (χ4v) is 4.47. The summed E-state index contributed by atoms with van der Waals surface area (Å²) < 4.78 is 11.7. The lowest BCUT2D eigenvalue weighted by molar-refractivity contribution is -0.143. The van der Waals surface area contributed by atoms with Crippen LogP contribution in [0.25, 0.3) is 0 Å². The van der Waals surface area contributed by atoms with Gasteiger partial charge in [-0.1, -0.05) is 187 Å². The summed E-state index contributed by atoms with van der Waals surface area (Å²) in [6.45, 7) is 6.61. The van der Waals surface area contributed by atoms with E-state index in [4.69, 9.17) is 26.2 Å². The summed E-state index contributed by atoms with van der Waals surface area (Å²) in [5.41, 5.74) is 1.86. The number of carboxylic acid groups (broad SMARTS) is 1. The van der Waals surface area contributed by atoms with Gasteiger partial charge in [0.15, 0.2) is 0 Å². The Morgan fingerprint density at radius 2 is 1.16 bits per heavy atom. The van der Waals surface area contributed by atoms with Crippen molar-refractivity contribution in [2.24, 2.45) is 11.8 Å². The Morgan fingerprint density at radius 1 is 0.796 bits per heavy atom. The number of rotatable bonds is 8. The molecule has 1 N–H and O–H groups in total. The zero-order chi connectivity index (χ0) is 36.8. The second kappa shape index (κ2) is 26.8. The number of carbonyl (C=O) groups excluding carboxylic acids is 3. The maximum atomic E-state index is 11.9. The summed E-state index contributed by atoms with van der Waals surface area (Å²) in [7, 11) is 0. The SMILES string of the molecule is CCC(I)(I)I.CCC(I)I.O=C(Cl)[C@H]1CCCN(C(=O)OCc2ccccc2)C1.O=C(O)[C@H]1CCCN(C(=O)OCc2ccccc2)C1. The topological polar surface area (TPSA) is 113 Å². The number of hydrogen-bond acceptors (Lipinski definition) is 6. The molecule has 0 radical (unpaired) electrons. The minimum absolute atomic E-state index is 0.216. The van der Waals surface area contributed by atoms with E-state index in [1.807, 2.05) is 60.7 Å². The largest absolute Gasteiger partial charge is 0.481 e. The third kappa shape index (κ3) is 22.7. The van der Waals surface area contributed by atoms with Crippen molar-refractivity contribution in [3.8, 4) is 0 Å². The minimum atomic E-state index is -0.847. The van der Waals surface area contributed by atoms with Gasteiger partial charge in [-0.3, -0.25) is 9.59 Å². The van der Waals surface area contributed by atoms with Crippen molar-refractivity contribution in [1.29, 1.82) is 0 Å². The van der Waals surface area contributed by atoms with Crippen LogP contribution in [0.1, 0.15) is 63.5 Å². The van der Waals surface area contributed by atoms with Crippen LogP contribution in [0, 0.1) is 11.8 Å². The summed E-state index contributed by atoms with van der Waals surface area (Å²) in [5, 5.41) is 8.59. The lowest BCUT2D eigenvalue weighted by Gasteiger charge is -2.30. The Labute approximate surface area is 363 Å². The van der Waals surface area contributed by atoms with Crippen LogP contribution in [0.3, 0.4) is 0 Å². The quantitative estimate of drug-likeness (QED) is 0.159. The minimum Gasteiger partial charge on any atom is -0.481 e. The first-order valence-corrected chi connectivity index (χ1v) is 22.0. The third-order valence-electron chi connectivity index (χ3n) is 7.15. The van der Waals surface area contributed by atoms with Gasteiger partial charge in [0.1, 0.15) is 12.6 Å². The van der Waals surface area contributed by atoms with E-state index in [0.717, 1.165) is 25.9 Å². The van der Waals surface area contributed by atoms with E-state index < -0.39 is 18.0 Å². The van der Waals surface area contributed by atoms with Crippen LogP contribution < -0.4 is 0 Å². The molecule has 15 heteroatoms. The van der Waals surface area contributed by atoms with Crippen molar-refractivity contribution in [1.82, 2.24) is 9.80 Å². The van der Waals surface area contributed by atoms with Gasteiger partial charge in [-0.15, -0.1) is 0 Å². The van der Waals surface area contributed by atoms with Gasteiger partial charge >= 0.3 is 18.2 Å². The van der Waals surface area contributed by atoms with Crippen molar-refractivity contribution in [3.63, 3.8) is 0 Å². The molecule has 0 unspecified atom stereocenters. The molecule has 0 saturated carbocycles. The summed E-state index contributed by atoms with van der Waals surface area (Å²) in [5.74, 6) is -1.58. The summed E-state index contributed by atoms with van der Waals surface area (Å²) in [6.07, 6.45) is 4.54. The van der Waals surface area contributed by atoms with Crippen LogP contribution >= 0.6 is 125 Å².